The lowest BCUT2D eigenvalue weighted by molar-refractivity contribution is 0.283. The summed E-state index contributed by atoms with van der Waals surface area (Å²) in [5, 5.41) is 0. The van der Waals surface area contributed by atoms with Gasteiger partial charge < -0.3 is 9.80 Å². The molecule has 7 heteroatoms. The fourth-order valence-electron chi connectivity index (χ4n) is 3.83. The maximum Gasteiger partial charge on any atom is 0.187 e. The lowest BCUT2D eigenvalue weighted by Crippen LogP contribution is -2.69. The molecular formula is C18H23FN6. The molecule has 2 unspecified atom stereocenters. The van der Waals surface area contributed by atoms with E-state index in [0.717, 1.165) is 31.2 Å². The van der Waals surface area contributed by atoms with E-state index < -0.39 is 0 Å². The van der Waals surface area contributed by atoms with Gasteiger partial charge in [-0.15, -0.1) is 0 Å². The number of rotatable bonds is 2. The van der Waals surface area contributed by atoms with E-state index in [1.54, 1.807) is 6.20 Å². The molecule has 2 aromatic heterocycles. The summed E-state index contributed by atoms with van der Waals surface area (Å²) in [6.07, 6.45) is 4.34. The first-order valence-electron chi connectivity index (χ1n) is 8.68. The lowest BCUT2D eigenvalue weighted by Gasteiger charge is -2.57. The number of aromatic nitrogens is 4. The Balaban J connectivity index is 1.58. The molecule has 0 saturated carbocycles. The average Bonchev–Trinajstić information content (AvgIpc) is 2.55. The minimum absolute atomic E-state index is 0.256. The summed E-state index contributed by atoms with van der Waals surface area (Å²) in [4.78, 5) is 21.5. The van der Waals surface area contributed by atoms with Crippen LogP contribution < -0.4 is 9.80 Å². The smallest absolute Gasteiger partial charge is 0.187 e. The third-order valence-electron chi connectivity index (χ3n) is 5.00. The summed E-state index contributed by atoms with van der Waals surface area (Å²) < 4.78 is 15.0. The summed E-state index contributed by atoms with van der Waals surface area (Å²) in [6, 6.07) is 2.45. The Morgan fingerprint density at radius 2 is 1.84 bits per heavy atom. The molecule has 5 rings (SSSR count). The third kappa shape index (κ3) is 2.71. The summed E-state index contributed by atoms with van der Waals surface area (Å²) in [5.74, 6) is 1.88. The lowest BCUT2D eigenvalue weighted by atomic mass is 9.86. The van der Waals surface area contributed by atoms with Gasteiger partial charge in [0.25, 0.3) is 0 Å². The van der Waals surface area contributed by atoms with Crippen molar-refractivity contribution in [3.8, 4) is 0 Å². The molecule has 2 aromatic rings. The number of anilines is 2. The Labute approximate surface area is 147 Å². The van der Waals surface area contributed by atoms with Crippen LogP contribution in [-0.2, 0) is 5.41 Å². The van der Waals surface area contributed by atoms with Crippen LogP contribution in [0.1, 0.15) is 38.7 Å². The van der Waals surface area contributed by atoms with Gasteiger partial charge in [0.05, 0.1) is 17.8 Å². The number of piperazine rings is 1. The third-order valence-corrected chi connectivity index (χ3v) is 5.00. The van der Waals surface area contributed by atoms with Crippen LogP contribution >= 0.6 is 0 Å². The number of halogens is 1. The zero-order valence-electron chi connectivity index (χ0n) is 15.1. The van der Waals surface area contributed by atoms with Gasteiger partial charge in [-0.25, -0.2) is 24.3 Å². The first-order chi connectivity index (χ1) is 11.8. The van der Waals surface area contributed by atoms with E-state index in [4.69, 9.17) is 0 Å². The van der Waals surface area contributed by atoms with Crippen molar-refractivity contribution in [1.29, 1.82) is 0 Å². The second kappa shape index (κ2) is 5.61. The molecule has 5 heterocycles. The Morgan fingerprint density at radius 1 is 1.12 bits per heavy atom. The first-order valence-corrected chi connectivity index (χ1v) is 8.68. The molecule has 3 aliphatic rings. The molecule has 0 aliphatic carbocycles. The minimum Gasteiger partial charge on any atom is -0.352 e. The van der Waals surface area contributed by atoms with E-state index in [2.05, 4.69) is 29.7 Å². The fraction of sp³-hybridized carbons (Fsp3) is 0.556. The van der Waals surface area contributed by atoms with E-state index in [0.29, 0.717) is 11.5 Å². The summed E-state index contributed by atoms with van der Waals surface area (Å²) >= 11 is 0. The summed E-state index contributed by atoms with van der Waals surface area (Å²) in [6.45, 7) is 9.45. The number of nitrogens with zero attached hydrogens (tertiary/aromatic N) is 6. The highest BCUT2D eigenvalue weighted by atomic mass is 19.1. The van der Waals surface area contributed by atoms with Crippen LogP contribution in [0.25, 0.3) is 0 Å². The monoisotopic (exact) mass is 342 g/mol. The Bertz CT molecular complexity index is 790. The van der Waals surface area contributed by atoms with Gasteiger partial charge in [-0.05, 0) is 19.4 Å². The van der Waals surface area contributed by atoms with Gasteiger partial charge in [0.2, 0.25) is 0 Å². The molecule has 3 aliphatic heterocycles. The van der Waals surface area contributed by atoms with Crippen LogP contribution in [0.4, 0.5) is 16.0 Å². The predicted molar refractivity (Wildman–Crippen MR) is 94.3 cm³/mol. The Kier molecular flexibility index (Phi) is 3.63. The molecule has 0 spiro atoms. The number of hydrogen-bond donors (Lipinski definition) is 0. The number of hydrogen-bond acceptors (Lipinski definition) is 6. The number of aryl methyl sites for hydroxylation is 1. The highest BCUT2D eigenvalue weighted by Crippen LogP contribution is 2.39. The van der Waals surface area contributed by atoms with Gasteiger partial charge in [-0.2, -0.15) is 0 Å². The van der Waals surface area contributed by atoms with Crippen molar-refractivity contribution in [2.75, 3.05) is 22.9 Å². The van der Waals surface area contributed by atoms with E-state index in [1.807, 2.05) is 33.8 Å². The Morgan fingerprint density at radius 3 is 2.48 bits per heavy atom. The quantitative estimate of drug-likeness (QED) is 0.836. The van der Waals surface area contributed by atoms with Gasteiger partial charge in [0, 0.05) is 24.7 Å². The molecule has 0 aromatic carbocycles. The van der Waals surface area contributed by atoms with Crippen molar-refractivity contribution in [3.63, 3.8) is 0 Å². The topological polar surface area (TPSA) is 58.0 Å². The van der Waals surface area contributed by atoms with Crippen LogP contribution in [0.15, 0.2) is 18.6 Å². The first kappa shape index (κ1) is 16.2. The van der Waals surface area contributed by atoms with Gasteiger partial charge in [0.1, 0.15) is 18.0 Å². The fourth-order valence-corrected chi connectivity index (χ4v) is 3.83. The maximum atomic E-state index is 15.0. The standard InChI is InChI=1S/C18H23FN6/c1-11-20-6-5-14(23-11)24-8-12-7-13(9-24)25(12)17-15(19)16(18(2,3)4)21-10-22-17/h5-6,10,12-13H,7-9H2,1-4H3. The molecule has 6 nitrogen and oxygen atoms in total. The molecule has 25 heavy (non-hydrogen) atoms. The largest absolute Gasteiger partial charge is 0.352 e. The van der Waals surface area contributed by atoms with Gasteiger partial charge in [-0.1, -0.05) is 20.8 Å². The normalized spacial score (nSPS) is 22.8. The van der Waals surface area contributed by atoms with Crippen LogP contribution in [0, 0.1) is 12.7 Å². The van der Waals surface area contributed by atoms with E-state index in [1.165, 1.54) is 6.33 Å². The second-order valence-corrected chi connectivity index (χ2v) is 7.93. The molecule has 3 saturated heterocycles. The zero-order chi connectivity index (χ0) is 17.8. The van der Waals surface area contributed by atoms with E-state index in [-0.39, 0.29) is 23.3 Å². The predicted octanol–water partition coefficient (Wildman–Crippen LogP) is 2.48. The second-order valence-electron chi connectivity index (χ2n) is 7.93. The molecular weight excluding hydrogens is 319 g/mol. The number of piperidine rings is 1. The highest BCUT2D eigenvalue weighted by Gasteiger charge is 2.47. The summed E-state index contributed by atoms with van der Waals surface area (Å²) in [7, 11) is 0. The van der Waals surface area contributed by atoms with Gasteiger partial charge in [-0.3, -0.25) is 0 Å². The minimum atomic E-state index is -0.341. The van der Waals surface area contributed by atoms with Gasteiger partial charge in [0.15, 0.2) is 11.6 Å². The number of fused-ring (bicyclic) bond motifs is 2. The molecule has 2 atom stereocenters. The van der Waals surface area contributed by atoms with Crippen LogP contribution in [0.5, 0.6) is 0 Å². The van der Waals surface area contributed by atoms with Crippen LogP contribution in [-0.4, -0.2) is 45.1 Å². The molecule has 0 amide bonds. The van der Waals surface area contributed by atoms with E-state index in [9.17, 15) is 0 Å². The van der Waals surface area contributed by atoms with Crippen molar-refractivity contribution in [1.82, 2.24) is 19.9 Å². The van der Waals surface area contributed by atoms with E-state index >= 15 is 4.39 Å². The van der Waals surface area contributed by atoms with Crippen molar-refractivity contribution in [2.24, 2.45) is 0 Å². The van der Waals surface area contributed by atoms with Crippen molar-refractivity contribution in [3.05, 3.63) is 35.9 Å². The maximum absolute atomic E-state index is 15.0. The van der Waals surface area contributed by atoms with Crippen molar-refractivity contribution < 1.29 is 4.39 Å². The molecule has 0 radical (unpaired) electrons. The van der Waals surface area contributed by atoms with Crippen molar-refractivity contribution >= 4 is 11.6 Å². The zero-order valence-corrected chi connectivity index (χ0v) is 15.1. The summed E-state index contributed by atoms with van der Waals surface area (Å²) in [5.41, 5.74) is 0.137. The Hall–Kier alpha value is -2.31. The van der Waals surface area contributed by atoms with Crippen LogP contribution in [0.2, 0.25) is 0 Å². The molecule has 0 N–H and O–H groups in total. The SMILES string of the molecule is Cc1nccc(N2CC3CC(C2)N3c2ncnc(C(C)(C)C)c2F)n1. The highest BCUT2D eigenvalue weighted by molar-refractivity contribution is 5.53. The van der Waals surface area contributed by atoms with Crippen LogP contribution in [0.3, 0.4) is 0 Å². The molecule has 2 bridgehead atoms. The average molecular weight is 342 g/mol. The molecule has 3 fully saturated rings. The molecule has 132 valence electrons. The van der Waals surface area contributed by atoms with Crippen molar-refractivity contribution in [2.45, 2.75) is 51.6 Å². The van der Waals surface area contributed by atoms with Gasteiger partial charge >= 0.3 is 0 Å².